The van der Waals surface area contributed by atoms with Gasteiger partial charge in [0.15, 0.2) is 0 Å². The van der Waals surface area contributed by atoms with Gasteiger partial charge < -0.3 is 14.4 Å². The van der Waals surface area contributed by atoms with Gasteiger partial charge in [-0.3, -0.25) is 0 Å². The highest BCUT2D eigenvalue weighted by molar-refractivity contribution is 5.99. The molecule has 0 saturated heterocycles. The first-order valence-electron chi connectivity index (χ1n) is 10.4. The molecule has 4 aromatic rings. The number of fused-ring (bicyclic) bond motifs is 1. The highest BCUT2D eigenvalue weighted by Gasteiger charge is 2.12. The number of allylic oxidation sites excluding steroid dienone is 1. The van der Waals surface area contributed by atoms with E-state index in [1.165, 1.54) is 24.3 Å². The van der Waals surface area contributed by atoms with Gasteiger partial charge in [-0.2, -0.15) is 5.26 Å². The van der Waals surface area contributed by atoms with E-state index in [-0.39, 0.29) is 11.4 Å². The number of carboxylic acid groups (broad SMARTS) is 1. The fraction of sp³-hybridized carbons (Fsp3) is 0.111. The number of carbonyl (C=O) groups is 1. The van der Waals surface area contributed by atoms with E-state index in [9.17, 15) is 14.4 Å². The number of nitrogens with zero attached hydrogens (tertiary/aromatic N) is 2. The van der Waals surface area contributed by atoms with Gasteiger partial charge in [0.2, 0.25) is 0 Å². The average Bonchev–Trinajstić information content (AvgIpc) is 3.15. The van der Waals surface area contributed by atoms with Crippen molar-refractivity contribution in [2.45, 2.75) is 13.5 Å². The molecular formula is C27H21FN2O3. The highest BCUT2D eigenvalue weighted by atomic mass is 19.1. The van der Waals surface area contributed by atoms with E-state index in [1.54, 1.807) is 30.3 Å². The van der Waals surface area contributed by atoms with Gasteiger partial charge in [-0.1, -0.05) is 24.3 Å². The lowest BCUT2D eigenvalue weighted by atomic mass is 10.0. The minimum Gasteiger partial charge on any atom is -0.494 e. The van der Waals surface area contributed by atoms with Crippen LogP contribution in [0.25, 0.3) is 22.6 Å². The summed E-state index contributed by atoms with van der Waals surface area (Å²) in [5, 5.41) is 19.8. The number of ether oxygens (including phenoxy) is 1. The summed E-state index contributed by atoms with van der Waals surface area (Å²) in [6.45, 7) is 2.99. The number of rotatable bonds is 7. The number of carboxylic acids is 1. The Morgan fingerprint density at radius 2 is 1.79 bits per heavy atom. The molecule has 1 aromatic heterocycles. The molecule has 0 unspecified atom stereocenters. The maximum atomic E-state index is 13.3. The van der Waals surface area contributed by atoms with Crippen LogP contribution in [0.4, 0.5) is 4.39 Å². The van der Waals surface area contributed by atoms with Crippen molar-refractivity contribution in [1.29, 1.82) is 5.26 Å². The molecule has 0 aliphatic rings. The molecule has 0 atom stereocenters. The standard InChI is InChI=1S/C27H21FN2O3/c1-2-33-24-11-12-25-22(13-21(15-29)19-5-7-20(8-6-19)27(31)32)17-30(26(25)14-24)16-18-3-9-23(28)10-4-18/h3-14,17H,2,16H2,1H3,(H,31,32). The molecule has 1 heterocycles. The van der Waals surface area contributed by atoms with Gasteiger partial charge in [-0.25, -0.2) is 9.18 Å². The van der Waals surface area contributed by atoms with Crippen LogP contribution >= 0.6 is 0 Å². The predicted octanol–water partition coefficient (Wildman–Crippen LogP) is 5.99. The molecule has 0 spiro atoms. The number of halogens is 1. The topological polar surface area (TPSA) is 75.2 Å². The molecule has 6 heteroatoms. The summed E-state index contributed by atoms with van der Waals surface area (Å²) in [6.07, 6.45) is 3.74. The monoisotopic (exact) mass is 440 g/mol. The Kier molecular flexibility index (Phi) is 6.23. The Morgan fingerprint density at radius 3 is 2.42 bits per heavy atom. The quantitative estimate of drug-likeness (QED) is 0.358. The SMILES string of the molecule is CCOc1ccc2c(C=C(C#N)c3ccc(C(=O)O)cc3)cn(Cc3ccc(F)cc3)c2c1. The molecular weight excluding hydrogens is 419 g/mol. The predicted molar refractivity (Wildman–Crippen MR) is 125 cm³/mol. The molecule has 0 radical (unpaired) electrons. The summed E-state index contributed by atoms with van der Waals surface area (Å²) in [5.41, 5.74) is 3.92. The molecule has 5 nitrogen and oxygen atoms in total. The van der Waals surface area contributed by atoms with E-state index < -0.39 is 5.97 Å². The van der Waals surface area contributed by atoms with Gasteiger partial charge in [0.05, 0.1) is 29.3 Å². The van der Waals surface area contributed by atoms with Gasteiger partial charge in [0.25, 0.3) is 0 Å². The average molecular weight is 440 g/mol. The summed E-state index contributed by atoms with van der Waals surface area (Å²) >= 11 is 0. The number of aromatic carboxylic acids is 1. The van der Waals surface area contributed by atoms with Crippen LogP contribution in [0.5, 0.6) is 5.75 Å². The van der Waals surface area contributed by atoms with E-state index >= 15 is 0 Å². The third kappa shape index (κ3) is 4.78. The Hall–Kier alpha value is -4.37. The van der Waals surface area contributed by atoms with Gasteiger partial charge in [-0.05, 0) is 60.5 Å². The molecule has 0 bridgehead atoms. The molecule has 0 fully saturated rings. The van der Waals surface area contributed by atoms with Crippen molar-refractivity contribution in [1.82, 2.24) is 4.57 Å². The van der Waals surface area contributed by atoms with Crippen LogP contribution in [-0.2, 0) is 6.54 Å². The number of nitriles is 1. The normalized spacial score (nSPS) is 11.4. The van der Waals surface area contributed by atoms with E-state index in [4.69, 9.17) is 9.84 Å². The highest BCUT2D eigenvalue weighted by Crippen LogP contribution is 2.30. The Morgan fingerprint density at radius 1 is 1.09 bits per heavy atom. The van der Waals surface area contributed by atoms with Crippen LogP contribution < -0.4 is 4.74 Å². The Bertz CT molecular complexity index is 1380. The van der Waals surface area contributed by atoms with Gasteiger partial charge in [-0.15, -0.1) is 0 Å². The summed E-state index contributed by atoms with van der Waals surface area (Å²) < 4.78 is 21.0. The number of hydrogen-bond donors (Lipinski definition) is 1. The Labute approximate surface area is 190 Å². The van der Waals surface area contributed by atoms with Crippen LogP contribution in [0, 0.1) is 17.1 Å². The van der Waals surface area contributed by atoms with E-state index in [0.717, 1.165) is 27.8 Å². The van der Waals surface area contributed by atoms with Crippen molar-refractivity contribution in [3.63, 3.8) is 0 Å². The van der Waals surface area contributed by atoms with E-state index in [0.29, 0.717) is 24.3 Å². The molecule has 1 N–H and O–H groups in total. The Balaban J connectivity index is 1.79. The van der Waals surface area contributed by atoms with E-state index in [2.05, 4.69) is 6.07 Å². The van der Waals surface area contributed by atoms with Crippen LogP contribution in [0.15, 0.2) is 72.9 Å². The van der Waals surface area contributed by atoms with Crippen LogP contribution in [-0.4, -0.2) is 22.2 Å². The lowest BCUT2D eigenvalue weighted by Gasteiger charge is -2.08. The molecule has 0 amide bonds. The van der Waals surface area contributed by atoms with Crippen molar-refractivity contribution in [2.75, 3.05) is 6.61 Å². The molecule has 0 aliphatic heterocycles. The number of aromatic nitrogens is 1. The van der Waals surface area contributed by atoms with Gasteiger partial charge in [0, 0.05) is 29.8 Å². The second kappa shape index (κ2) is 9.41. The minimum atomic E-state index is -1.02. The zero-order chi connectivity index (χ0) is 23.4. The largest absolute Gasteiger partial charge is 0.494 e. The first-order valence-corrected chi connectivity index (χ1v) is 10.4. The maximum Gasteiger partial charge on any atom is 0.335 e. The van der Waals surface area contributed by atoms with Crippen LogP contribution in [0.1, 0.15) is 34.0 Å². The molecule has 164 valence electrons. The second-order valence-corrected chi connectivity index (χ2v) is 7.50. The fourth-order valence-corrected chi connectivity index (χ4v) is 3.72. The molecule has 33 heavy (non-hydrogen) atoms. The lowest BCUT2D eigenvalue weighted by molar-refractivity contribution is 0.0697. The van der Waals surface area contributed by atoms with Crippen molar-refractivity contribution in [3.05, 3.63) is 101 Å². The number of benzene rings is 3. The van der Waals surface area contributed by atoms with Crippen molar-refractivity contribution < 1.29 is 19.0 Å². The number of hydrogen-bond acceptors (Lipinski definition) is 3. The third-order valence-corrected chi connectivity index (χ3v) is 5.32. The molecule has 4 rings (SSSR count). The summed E-state index contributed by atoms with van der Waals surface area (Å²) in [5.74, 6) is -0.562. The van der Waals surface area contributed by atoms with Gasteiger partial charge in [0.1, 0.15) is 11.6 Å². The second-order valence-electron chi connectivity index (χ2n) is 7.50. The third-order valence-electron chi connectivity index (χ3n) is 5.32. The van der Waals surface area contributed by atoms with Crippen molar-refractivity contribution in [2.24, 2.45) is 0 Å². The zero-order valence-corrected chi connectivity index (χ0v) is 18.0. The minimum absolute atomic E-state index is 0.162. The first-order chi connectivity index (χ1) is 16.0. The smallest absolute Gasteiger partial charge is 0.335 e. The summed E-state index contributed by atoms with van der Waals surface area (Å²) in [4.78, 5) is 11.1. The van der Waals surface area contributed by atoms with Crippen molar-refractivity contribution in [3.8, 4) is 11.8 Å². The van der Waals surface area contributed by atoms with Crippen LogP contribution in [0.2, 0.25) is 0 Å². The fourth-order valence-electron chi connectivity index (χ4n) is 3.72. The van der Waals surface area contributed by atoms with Gasteiger partial charge >= 0.3 is 5.97 Å². The van der Waals surface area contributed by atoms with E-state index in [1.807, 2.05) is 35.9 Å². The molecule has 0 saturated carbocycles. The summed E-state index contributed by atoms with van der Waals surface area (Å²) in [6, 6.07) is 20.6. The van der Waals surface area contributed by atoms with Crippen molar-refractivity contribution >= 4 is 28.5 Å². The maximum absolute atomic E-state index is 13.3. The summed E-state index contributed by atoms with van der Waals surface area (Å²) in [7, 11) is 0. The first kappa shape index (κ1) is 21.8. The lowest BCUT2D eigenvalue weighted by Crippen LogP contribution is -1.98. The molecule has 0 aliphatic carbocycles. The van der Waals surface area contributed by atoms with Crippen LogP contribution in [0.3, 0.4) is 0 Å². The molecule has 3 aromatic carbocycles. The zero-order valence-electron chi connectivity index (χ0n) is 18.0.